The quantitative estimate of drug-likeness (QED) is 0.542. The topological polar surface area (TPSA) is 71.8 Å². The molecule has 26 heavy (non-hydrogen) atoms. The molecule has 1 N–H and O–H groups in total. The number of rotatable bonds is 3. The average Bonchev–Trinajstić information content (AvgIpc) is 3.38. The van der Waals surface area contributed by atoms with Crippen LogP contribution in [0.3, 0.4) is 0 Å². The van der Waals surface area contributed by atoms with Crippen LogP contribution in [0.25, 0.3) is 27.7 Å². The molecule has 0 aliphatic heterocycles. The molecule has 5 rings (SSSR count). The molecule has 0 amide bonds. The fraction of sp³-hybridized carbons (Fsp3) is 0.333. The molecule has 132 valence electrons. The maximum Gasteiger partial charge on any atom is 0.235 e. The Morgan fingerprint density at radius 2 is 1.88 bits per heavy atom. The number of fused-ring (bicyclic) bond motifs is 1. The number of aromatic nitrogens is 6. The van der Waals surface area contributed by atoms with Crippen LogP contribution in [0.5, 0.6) is 0 Å². The van der Waals surface area contributed by atoms with E-state index < -0.39 is 0 Å². The minimum atomic E-state index is 0.565. The zero-order chi connectivity index (χ0) is 17.5. The van der Waals surface area contributed by atoms with Crippen LogP contribution in [-0.2, 0) is 0 Å². The van der Waals surface area contributed by atoms with Crippen molar-refractivity contribution in [3.8, 4) is 22.8 Å². The molecule has 0 saturated heterocycles. The van der Waals surface area contributed by atoms with E-state index in [1.807, 2.05) is 34.8 Å². The molecule has 0 bridgehead atoms. The Morgan fingerprint density at radius 1 is 1.08 bits per heavy atom. The summed E-state index contributed by atoms with van der Waals surface area (Å²) in [6, 6.07) is 9.59. The van der Waals surface area contributed by atoms with Gasteiger partial charge in [0.2, 0.25) is 10.8 Å². The molecule has 0 radical (unpaired) electrons. The lowest BCUT2D eigenvalue weighted by Crippen LogP contribution is -2.05. The predicted octanol–water partition coefficient (Wildman–Crippen LogP) is 4.94. The minimum absolute atomic E-state index is 0.565. The van der Waals surface area contributed by atoms with Gasteiger partial charge in [-0.25, -0.2) is 0 Å². The summed E-state index contributed by atoms with van der Waals surface area (Å²) in [5.74, 6) is 1.26. The number of nitrogens with one attached hydrogen (secondary N) is 1. The lowest BCUT2D eigenvalue weighted by Gasteiger charge is -2.18. The molecule has 1 aliphatic carbocycles. The summed E-state index contributed by atoms with van der Waals surface area (Å²) in [5, 5.41) is 22.8. The standard InChI is InChI=1S/C18H17ClN6S/c19-13-8-6-11(7-9-13)14-10-15(21-20-14)16-22-23-18-25(16)24-17(26-18)12-4-2-1-3-5-12/h6-10,12H,1-5H2,(H,20,21). The third kappa shape index (κ3) is 2.81. The highest BCUT2D eigenvalue weighted by Crippen LogP contribution is 2.35. The molecule has 4 aromatic rings. The minimum Gasteiger partial charge on any atom is -0.274 e. The van der Waals surface area contributed by atoms with E-state index in [9.17, 15) is 0 Å². The Kier molecular flexibility index (Phi) is 3.98. The van der Waals surface area contributed by atoms with Crippen LogP contribution in [0.2, 0.25) is 5.02 Å². The maximum absolute atomic E-state index is 5.96. The highest BCUT2D eigenvalue weighted by molar-refractivity contribution is 7.16. The van der Waals surface area contributed by atoms with Crippen molar-refractivity contribution in [3.05, 3.63) is 40.4 Å². The highest BCUT2D eigenvalue weighted by Gasteiger charge is 2.22. The summed E-state index contributed by atoms with van der Waals surface area (Å²) in [7, 11) is 0. The predicted molar refractivity (Wildman–Crippen MR) is 103 cm³/mol. The van der Waals surface area contributed by atoms with Crippen LogP contribution in [0.1, 0.15) is 43.0 Å². The lowest BCUT2D eigenvalue weighted by molar-refractivity contribution is 0.440. The zero-order valence-corrected chi connectivity index (χ0v) is 15.6. The number of hydrogen-bond acceptors (Lipinski definition) is 5. The van der Waals surface area contributed by atoms with Gasteiger partial charge in [0.25, 0.3) is 0 Å². The van der Waals surface area contributed by atoms with Crippen LogP contribution in [0.15, 0.2) is 30.3 Å². The van der Waals surface area contributed by atoms with E-state index >= 15 is 0 Å². The first-order valence-corrected chi connectivity index (χ1v) is 10.0. The van der Waals surface area contributed by atoms with Gasteiger partial charge in [0.1, 0.15) is 10.7 Å². The molecule has 0 unspecified atom stereocenters. The fourth-order valence-corrected chi connectivity index (χ4v) is 4.65. The third-order valence-electron chi connectivity index (χ3n) is 4.92. The molecular weight excluding hydrogens is 368 g/mol. The Labute approximate surface area is 159 Å². The van der Waals surface area contributed by atoms with Crippen molar-refractivity contribution < 1.29 is 0 Å². The number of hydrogen-bond donors (Lipinski definition) is 1. The Morgan fingerprint density at radius 3 is 2.69 bits per heavy atom. The molecule has 6 nitrogen and oxygen atoms in total. The number of benzene rings is 1. The van der Waals surface area contributed by atoms with Gasteiger partial charge in [-0.2, -0.15) is 14.7 Å². The van der Waals surface area contributed by atoms with Gasteiger partial charge in [0.05, 0.1) is 5.69 Å². The summed E-state index contributed by atoms with van der Waals surface area (Å²) in [6.45, 7) is 0. The van der Waals surface area contributed by atoms with Gasteiger partial charge in [0.15, 0.2) is 0 Å². The maximum atomic E-state index is 5.96. The van der Waals surface area contributed by atoms with Gasteiger partial charge in [-0.05, 0) is 31.0 Å². The largest absolute Gasteiger partial charge is 0.274 e. The summed E-state index contributed by atoms with van der Waals surface area (Å²) in [5.41, 5.74) is 2.65. The highest BCUT2D eigenvalue weighted by atomic mass is 35.5. The van der Waals surface area contributed by atoms with E-state index in [2.05, 4.69) is 20.4 Å². The van der Waals surface area contributed by atoms with E-state index in [4.69, 9.17) is 16.7 Å². The van der Waals surface area contributed by atoms with Crippen molar-refractivity contribution in [1.82, 2.24) is 30.0 Å². The van der Waals surface area contributed by atoms with Crippen molar-refractivity contribution in [2.45, 2.75) is 38.0 Å². The lowest BCUT2D eigenvalue weighted by atomic mass is 9.90. The van der Waals surface area contributed by atoms with Gasteiger partial charge >= 0.3 is 0 Å². The first kappa shape index (κ1) is 16.0. The van der Waals surface area contributed by atoms with Gasteiger partial charge in [0, 0.05) is 16.5 Å². The second-order valence-corrected chi connectivity index (χ2v) is 8.09. The monoisotopic (exact) mass is 384 g/mol. The zero-order valence-electron chi connectivity index (χ0n) is 14.0. The fourth-order valence-electron chi connectivity index (χ4n) is 3.52. The summed E-state index contributed by atoms with van der Waals surface area (Å²) < 4.78 is 1.84. The van der Waals surface area contributed by atoms with E-state index in [0.29, 0.717) is 16.8 Å². The van der Waals surface area contributed by atoms with Gasteiger partial charge in [-0.1, -0.05) is 54.3 Å². The normalized spacial score (nSPS) is 15.7. The summed E-state index contributed by atoms with van der Waals surface area (Å²) >= 11 is 7.61. The second kappa shape index (κ2) is 6.48. The Hall–Kier alpha value is -2.25. The van der Waals surface area contributed by atoms with Crippen LogP contribution in [0.4, 0.5) is 0 Å². The molecule has 3 heterocycles. The number of H-pyrrole nitrogens is 1. The SMILES string of the molecule is Clc1ccc(-c2cc(-c3nnc4sc(C5CCCCC5)nn34)[nH]n2)cc1. The van der Waals surface area contributed by atoms with Crippen LogP contribution in [0, 0.1) is 0 Å². The second-order valence-electron chi connectivity index (χ2n) is 6.67. The summed E-state index contributed by atoms with van der Waals surface area (Å²) in [4.78, 5) is 0.836. The van der Waals surface area contributed by atoms with E-state index in [1.54, 1.807) is 11.3 Å². The van der Waals surface area contributed by atoms with Crippen molar-refractivity contribution in [2.75, 3.05) is 0 Å². The molecule has 1 aliphatic rings. The van der Waals surface area contributed by atoms with Crippen LogP contribution >= 0.6 is 22.9 Å². The molecule has 1 fully saturated rings. The van der Waals surface area contributed by atoms with Crippen molar-refractivity contribution in [3.63, 3.8) is 0 Å². The van der Waals surface area contributed by atoms with Crippen molar-refractivity contribution >= 4 is 27.9 Å². The first-order chi connectivity index (χ1) is 12.8. The molecular formula is C18H17ClN6S. The number of halogens is 1. The molecule has 3 aromatic heterocycles. The molecule has 1 saturated carbocycles. The Balaban J connectivity index is 1.49. The molecule has 1 aromatic carbocycles. The van der Waals surface area contributed by atoms with Crippen molar-refractivity contribution in [2.24, 2.45) is 0 Å². The Bertz CT molecular complexity index is 1040. The molecule has 0 spiro atoms. The first-order valence-electron chi connectivity index (χ1n) is 8.82. The number of aromatic amines is 1. The van der Waals surface area contributed by atoms with Crippen molar-refractivity contribution in [1.29, 1.82) is 0 Å². The number of nitrogens with zero attached hydrogens (tertiary/aromatic N) is 5. The molecule has 8 heteroatoms. The van der Waals surface area contributed by atoms with E-state index in [-0.39, 0.29) is 0 Å². The van der Waals surface area contributed by atoms with Crippen LogP contribution in [-0.4, -0.2) is 30.0 Å². The van der Waals surface area contributed by atoms with Crippen LogP contribution < -0.4 is 0 Å². The smallest absolute Gasteiger partial charge is 0.235 e. The molecule has 0 atom stereocenters. The third-order valence-corrected chi connectivity index (χ3v) is 6.23. The average molecular weight is 385 g/mol. The van der Waals surface area contributed by atoms with E-state index in [0.717, 1.165) is 21.9 Å². The van der Waals surface area contributed by atoms with E-state index in [1.165, 1.54) is 37.1 Å². The van der Waals surface area contributed by atoms with Gasteiger partial charge in [-0.3, -0.25) is 5.10 Å². The van der Waals surface area contributed by atoms with Gasteiger partial charge in [-0.15, -0.1) is 10.2 Å². The van der Waals surface area contributed by atoms with Gasteiger partial charge < -0.3 is 0 Å². The summed E-state index contributed by atoms with van der Waals surface area (Å²) in [6.07, 6.45) is 6.38.